The summed E-state index contributed by atoms with van der Waals surface area (Å²) in [6.45, 7) is 7.75. The van der Waals surface area contributed by atoms with Crippen molar-refractivity contribution in [3.63, 3.8) is 0 Å². The molecular weight excluding hydrogens is 218 g/mol. The van der Waals surface area contributed by atoms with E-state index < -0.39 is 0 Å². The molecule has 1 nitrogen and oxygen atoms in total. The highest BCUT2D eigenvalue weighted by Crippen LogP contribution is 2.20. The van der Waals surface area contributed by atoms with Crippen LogP contribution in [0, 0.1) is 6.92 Å². The van der Waals surface area contributed by atoms with E-state index in [2.05, 4.69) is 61.9 Å². The standard InChI is InChI=1S/C17H23N/c1-4-9-17-14(3)18(13-16(17)5-2)12-15-10-7-6-8-11-15/h6-8,10-11,13H,4-5,9,12H2,1-3H3. The summed E-state index contributed by atoms with van der Waals surface area (Å²) in [5, 5.41) is 0. The molecule has 0 radical (unpaired) electrons. The lowest BCUT2D eigenvalue weighted by Crippen LogP contribution is -2.01. The fourth-order valence-corrected chi connectivity index (χ4v) is 2.61. The molecule has 0 aliphatic heterocycles. The third-order valence-corrected chi connectivity index (χ3v) is 3.64. The number of hydrogen-bond acceptors (Lipinski definition) is 0. The Morgan fingerprint density at radius 2 is 1.78 bits per heavy atom. The Morgan fingerprint density at radius 1 is 1.06 bits per heavy atom. The second-order valence-electron chi connectivity index (χ2n) is 4.94. The molecule has 0 aliphatic carbocycles. The van der Waals surface area contributed by atoms with Crippen molar-refractivity contribution in [2.24, 2.45) is 0 Å². The first-order valence-electron chi connectivity index (χ1n) is 6.97. The number of rotatable bonds is 5. The van der Waals surface area contributed by atoms with E-state index in [-0.39, 0.29) is 0 Å². The normalized spacial score (nSPS) is 10.8. The molecule has 0 amide bonds. The zero-order valence-corrected chi connectivity index (χ0v) is 11.7. The molecule has 1 aromatic heterocycles. The van der Waals surface area contributed by atoms with Crippen LogP contribution in [0.3, 0.4) is 0 Å². The second kappa shape index (κ2) is 5.90. The van der Waals surface area contributed by atoms with E-state index >= 15 is 0 Å². The summed E-state index contributed by atoms with van der Waals surface area (Å²) in [6.07, 6.45) is 5.91. The van der Waals surface area contributed by atoms with Crippen LogP contribution in [0.2, 0.25) is 0 Å². The molecule has 1 aromatic carbocycles. The van der Waals surface area contributed by atoms with Gasteiger partial charge in [0.1, 0.15) is 0 Å². The first kappa shape index (κ1) is 12.9. The average Bonchev–Trinajstić information content (AvgIpc) is 2.69. The fraction of sp³-hybridized carbons (Fsp3) is 0.412. The van der Waals surface area contributed by atoms with Gasteiger partial charge in [0, 0.05) is 18.4 Å². The summed E-state index contributed by atoms with van der Waals surface area (Å²) in [4.78, 5) is 0. The van der Waals surface area contributed by atoms with Crippen molar-refractivity contribution in [3.05, 3.63) is 58.9 Å². The van der Waals surface area contributed by atoms with E-state index in [1.165, 1.54) is 29.7 Å². The first-order valence-corrected chi connectivity index (χ1v) is 6.97. The Kier molecular flexibility index (Phi) is 4.24. The monoisotopic (exact) mass is 241 g/mol. The third-order valence-electron chi connectivity index (χ3n) is 3.64. The summed E-state index contributed by atoms with van der Waals surface area (Å²) in [5.74, 6) is 0. The van der Waals surface area contributed by atoms with Crippen LogP contribution in [0.4, 0.5) is 0 Å². The Bertz CT molecular complexity index is 494. The van der Waals surface area contributed by atoms with E-state index in [9.17, 15) is 0 Å². The lowest BCUT2D eigenvalue weighted by Gasteiger charge is -2.07. The van der Waals surface area contributed by atoms with Gasteiger partial charge < -0.3 is 4.57 Å². The zero-order valence-electron chi connectivity index (χ0n) is 11.7. The quantitative estimate of drug-likeness (QED) is 0.733. The number of aromatic nitrogens is 1. The molecule has 96 valence electrons. The van der Waals surface area contributed by atoms with Crippen LogP contribution >= 0.6 is 0 Å². The van der Waals surface area contributed by atoms with Gasteiger partial charge in [0.2, 0.25) is 0 Å². The van der Waals surface area contributed by atoms with Crippen molar-refractivity contribution in [1.29, 1.82) is 0 Å². The van der Waals surface area contributed by atoms with Crippen LogP contribution in [-0.2, 0) is 19.4 Å². The molecular formula is C17H23N. The van der Waals surface area contributed by atoms with Gasteiger partial charge in [-0.1, -0.05) is 50.6 Å². The van der Waals surface area contributed by atoms with Crippen LogP contribution in [0.5, 0.6) is 0 Å². The molecule has 0 saturated carbocycles. The highest BCUT2D eigenvalue weighted by atomic mass is 15.0. The van der Waals surface area contributed by atoms with Crippen molar-refractivity contribution >= 4 is 0 Å². The maximum atomic E-state index is 2.40. The van der Waals surface area contributed by atoms with Crippen LogP contribution in [-0.4, -0.2) is 4.57 Å². The predicted molar refractivity (Wildman–Crippen MR) is 78.1 cm³/mol. The van der Waals surface area contributed by atoms with Gasteiger partial charge in [-0.2, -0.15) is 0 Å². The van der Waals surface area contributed by atoms with Gasteiger partial charge in [-0.15, -0.1) is 0 Å². The van der Waals surface area contributed by atoms with Crippen molar-refractivity contribution in [2.45, 2.75) is 46.6 Å². The summed E-state index contributed by atoms with van der Waals surface area (Å²) in [5.41, 5.74) is 5.90. The molecule has 0 spiro atoms. The smallest absolute Gasteiger partial charge is 0.0472 e. The first-order chi connectivity index (χ1) is 8.76. The minimum absolute atomic E-state index is 0.989. The van der Waals surface area contributed by atoms with E-state index in [1.54, 1.807) is 5.56 Å². The van der Waals surface area contributed by atoms with Crippen molar-refractivity contribution in [2.75, 3.05) is 0 Å². The van der Waals surface area contributed by atoms with Gasteiger partial charge in [-0.05, 0) is 36.5 Å². The SMILES string of the molecule is CCCc1c(CC)cn(Cc2ccccc2)c1C. The highest BCUT2D eigenvalue weighted by Gasteiger charge is 2.10. The summed E-state index contributed by atoms with van der Waals surface area (Å²) in [6, 6.07) is 10.7. The van der Waals surface area contributed by atoms with E-state index in [4.69, 9.17) is 0 Å². The molecule has 0 unspecified atom stereocenters. The summed E-state index contributed by atoms with van der Waals surface area (Å²) >= 11 is 0. The molecule has 0 bridgehead atoms. The van der Waals surface area contributed by atoms with E-state index in [1.807, 2.05) is 0 Å². The predicted octanol–water partition coefficient (Wildman–Crippen LogP) is 4.36. The summed E-state index contributed by atoms with van der Waals surface area (Å²) < 4.78 is 2.40. The lowest BCUT2D eigenvalue weighted by molar-refractivity contribution is 0.765. The second-order valence-corrected chi connectivity index (χ2v) is 4.94. The van der Waals surface area contributed by atoms with Crippen molar-refractivity contribution < 1.29 is 0 Å². The molecule has 2 rings (SSSR count). The maximum Gasteiger partial charge on any atom is 0.0472 e. The zero-order chi connectivity index (χ0) is 13.0. The van der Waals surface area contributed by atoms with Gasteiger partial charge in [-0.25, -0.2) is 0 Å². The number of benzene rings is 1. The molecule has 18 heavy (non-hydrogen) atoms. The Balaban J connectivity index is 2.28. The fourth-order valence-electron chi connectivity index (χ4n) is 2.61. The minimum Gasteiger partial charge on any atom is -0.347 e. The molecule has 0 N–H and O–H groups in total. The Morgan fingerprint density at radius 3 is 2.39 bits per heavy atom. The molecule has 1 heteroatoms. The third kappa shape index (κ3) is 2.66. The number of hydrogen-bond donors (Lipinski definition) is 0. The van der Waals surface area contributed by atoms with Crippen LogP contribution in [0.15, 0.2) is 36.5 Å². The molecule has 1 heterocycles. The van der Waals surface area contributed by atoms with Crippen molar-refractivity contribution in [1.82, 2.24) is 4.57 Å². The van der Waals surface area contributed by atoms with E-state index in [0.717, 1.165) is 13.0 Å². The molecule has 0 saturated heterocycles. The largest absolute Gasteiger partial charge is 0.347 e. The molecule has 2 aromatic rings. The van der Waals surface area contributed by atoms with Gasteiger partial charge in [0.15, 0.2) is 0 Å². The number of nitrogens with zero attached hydrogens (tertiary/aromatic N) is 1. The Hall–Kier alpha value is -1.50. The van der Waals surface area contributed by atoms with Crippen LogP contribution < -0.4 is 0 Å². The van der Waals surface area contributed by atoms with Gasteiger partial charge in [0.25, 0.3) is 0 Å². The maximum absolute atomic E-state index is 2.40. The lowest BCUT2D eigenvalue weighted by atomic mass is 10.0. The van der Waals surface area contributed by atoms with Crippen LogP contribution in [0.25, 0.3) is 0 Å². The average molecular weight is 241 g/mol. The van der Waals surface area contributed by atoms with E-state index in [0.29, 0.717) is 0 Å². The molecule has 0 aliphatic rings. The summed E-state index contributed by atoms with van der Waals surface area (Å²) in [7, 11) is 0. The molecule has 0 atom stereocenters. The topological polar surface area (TPSA) is 4.93 Å². The van der Waals surface area contributed by atoms with Crippen molar-refractivity contribution in [3.8, 4) is 0 Å². The van der Waals surface area contributed by atoms with Gasteiger partial charge in [0.05, 0.1) is 0 Å². The minimum atomic E-state index is 0.989. The van der Waals surface area contributed by atoms with Gasteiger partial charge in [-0.3, -0.25) is 0 Å². The molecule has 0 fully saturated rings. The number of aryl methyl sites for hydroxylation is 1. The highest BCUT2D eigenvalue weighted by molar-refractivity contribution is 5.33. The Labute approximate surface area is 110 Å². The van der Waals surface area contributed by atoms with Crippen LogP contribution in [0.1, 0.15) is 42.7 Å². The van der Waals surface area contributed by atoms with Gasteiger partial charge >= 0.3 is 0 Å².